The summed E-state index contributed by atoms with van der Waals surface area (Å²) >= 11 is 0. The van der Waals surface area contributed by atoms with Gasteiger partial charge in [-0.3, -0.25) is 9.59 Å². The predicted octanol–water partition coefficient (Wildman–Crippen LogP) is 1.80. The number of ether oxygens (including phenoxy) is 1. The number of esters is 1. The highest BCUT2D eigenvalue weighted by Crippen LogP contribution is 2.01. The third kappa shape index (κ3) is 3.97. The Labute approximate surface area is 94.4 Å². The van der Waals surface area contributed by atoms with E-state index in [0.717, 1.165) is 6.29 Å². The molecular weight excluding hydrogens is 204 g/mol. The maximum atomic E-state index is 11.0. The average Bonchev–Trinajstić information content (AvgIpc) is 2.30. The lowest BCUT2D eigenvalue weighted by atomic mass is 10.1. The van der Waals surface area contributed by atoms with Gasteiger partial charge in [0.2, 0.25) is 0 Å². The topological polar surface area (TPSA) is 43.4 Å². The second kappa shape index (κ2) is 6.41. The van der Waals surface area contributed by atoms with Crippen molar-refractivity contribution in [3.05, 3.63) is 35.4 Å². The first kappa shape index (κ1) is 12.0. The molecule has 1 aromatic carbocycles. The molecule has 0 aliphatic rings. The molecule has 0 amide bonds. The van der Waals surface area contributed by atoms with Gasteiger partial charge in [0.1, 0.15) is 12.7 Å². The quantitative estimate of drug-likeness (QED) is 0.439. The fraction of sp³-hybridized carbons (Fsp3) is 0.231. The zero-order valence-corrected chi connectivity index (χ0v) is 9.03. The molecule has 1 rings (SSSR count). The molecule has 0 atom stereocenters. The summed E-state index contributed by atoms with van der Waals surface area (Å²) in [4.78, 5) is 21.5. The van der Waals surface area contributed by atoms with Gasteiger partial charge in [0.15, 0.2) is 0 Å². The van der Waals surface area contributed by atoms with E-state index in [1.54, 1.807) is 31.2 Å². The molecule has 1 aromatic rings. The second-order valence-electron chi connectivity index (χ2n) is 3.03. The van der Waals surface area contributed by atoms with Crippen LogP contribution in [0.3, 0.4) is 0 Å². The number of carbonyl (C=O) groups excluding carboxylic acids is 2. The van der Waals surface area contributed by atoms with E-state index in [4.69, 9.17) is 4.74 Å². The molecule has 3 nitrogen and oxygen atoms in total. The molecule has 0 aliphatic carbocycles. The number of aldehydes is 1. The van der Waals surface area contributed by atoms with Gasteiger partial charge in [0.05, 0.1) is 6.61 Å². The Hall–Kier alpha value is -2.08. The summed E-state index contributed by atoms with van der Waals surface area (Å²) in [5.74, 6) is 5.16. The van der Waals surface area contributed by atoms with Gasteiger partial charge < -0.3 is 4.74 Å². The van der Waals surface area contributed by atoms with Crippen molar-refractivity contribution < 1.29 is 14.3 Å². The Bertz CT molecular complexity index is 438. The molecule has 0 aliphatic heterocycles. The smallest absolute Gasteiger partial charge is 0.317 e. The normalized spacial score (nSPS) is 8.81. The lowest BCUT2D eigenvalue weighted by Crippen LogP contribution is -2.01. The Kier molecular flexibility index (Phi) is 4.81. The molecule has 0 N–H and O–H groups in total. The van der Waals surface area contributed by atoms with Crippen LogP contribution in [0.15, 0.2) is 24.3 Å². The van der Waals surface area contributed by atoms with Crippen LogP contribution >= 0.6 is 0 Å². The monoisotopic (exact) mass is 216 g/mol. The third-order valence-corrected chi connectivity index (χ3v) is 1.79. The lowest BCUT2D eigenvalue weighted by molar-refractivity contribution is -0.141. The Morgan fingerprint density at radius 2 is 2.31 bits per heavy atom. The second-order valence-corrected chi connectivity index (χ2v) is 3.03. The van der Waals surface area contributed by atoms with Crippen molar-refractivity contribution in [3.63, 3.8) is 0 Å². The molecule has 0 radical (unpaired) electrons. The van der Waals surface area contributed by atoms with Gasteiger partial charge in [-0.25, -0.2) is 0 Å². The molecule has 16 heavy (non-hydrogen) atoms. The van der Waals surface area contributed by atoms with Crippen LogP contribution in [0, 0.1) is 11.8 Å². The highest BCUT2D eigenvalue weighted by atomic mass is 16.5. The van der Waals surface area contributed by atoms with E-state index in [1.165, 1.54) is 0 Å². The number of rotatable bonds is 3. The van der Waals surface area contributed by atoms with E-state index in [0.29, 0.717) is 17.7 Å². The third-order valence-electron chi connectivity index (χ3n) is 1.79. The zero-order chi connectivity index (χ0) is 11.8. The number of carbonyl (C=O) groups is 2. The fourth-order valence-corrected chi connectivity index (χ4v) is 1.12. The minimum absolute atomic E-state index is 0.0686. The van der Waals surface area contributed by atoms with Crippen molar-refractivity contribution in [2.24, 2.45) is 0 Å². The van der Waals surface area contributed by atoms with Crippen LogP contribution in [0.1, 0.15) is 29.3 Å². The highest BCUT2D eigenvalue weighted by molar-refractivity contribution is 5.75. The number of hydrogen-bond donors (Lipinski definition) is 0. The average molecular weight is 216 g/mol. The minimum Gasteiger partial charge on any atom is -0.465 e. The van der Waals surface area contributed by atoms with E-state index >= 15 is 0 Å². The summed E-state index contributed by atoms with van der Waals surface area (Å²) in [6.07, 6.45) is 0.829. The lowest BCUT2D eigenvalue weighted by Gasteiger charge is -1.95. The molecule has 0 saturated heterocycles. The van der Waals surface area contributed by atoms with Crippen LogP contribution in [0.2, 0.25) is 0 Å². The van der Waals surface area contributed by atoms with Crippen molar-refractivity contribution in [1.29, 1.82) is 0 Å². The first-order chi connectivity index (χ1) is 7.76. The van der Waals surface area contributed by atoms with Crippen LogP contribution in [-0.4, -0.2) is 18.9 Å². The molecule has 0 aromatic heterocycles. The van der Waals surface area contributed by atoms with E-state index in [9.17, 15) is 9.59 Å². The van der Waals surface area contributed by atoms with Crippen LogP contribution in [0.25, 0.3) is 0 Å². The zero-order valence-electron chi connectivity index (χ0n) is 9.03. The summed E-state index contributed by atoms with van der Waals surface area (Å²) in [7, 11) is 0. The van der Waals surface area contributed by atoms with E-state index in [2.05, 4.69) is 11.8 Å². The van der Waals surface area contributed by atoms with Crippen LogP contribution in [-0.2, 0) is 9.53 Å². The van der Waals surface area contributed by atoms with Crippen molar-refractivity contribution in [2.45, 2.75) is 13.3 Å². The van der Waals surface area contributed by atoms with Gasteiger partial charge in [-0.2, -0.15) is 0 Å². The Balaban J connectivity index is 2.62. The first-order valence-electron chi connectivity index (χ1n) is 4.96. The van der Waals surface area contributed by atoms with E-state index in [-0.39, 0.29) is 12.4 Å². The van der Waals surface area contributed by atoms with Gasteiger partial charge in [-0.05, 0) is 19.1 Å². The fourth-order valence-electron chi connectivity index (χ4n) is 1.12. The first-order valence-corrected chi connectivity index (χ1v) is 4.96. The van der Waals surface area contributed by atoms with Gasteiger partial charge in [-0.15, -0.1) is 0 Å². The van der Waals surface area contributed by atoms with Gasteiger partial charge in [0, 0.05) is 11.1 Å². The van der Waals surface area contributed by atoms with Crippen LogP contribution < -0.4 is 0 Å². The number of benzene rings is 1. The number of hydrogen-bond acceptors (Lipinski definition) is 3. The molecule has 3 heteroatoms. The van der Waals surface area contributed by atoms with Crippen LogP contribution in [0.5, 0.6) is 0 Å². The Morgan fingerprint density at radius 1 is 1.50 bits per heavy atom. The van der Waals surface area contributed by atoms with Gasteiger partial charge >= 0.3 is 5.97 Å². The molecule has 0 bridgehead atoms. The van der Waals surface area contributed by atoms with E-state index < -0.39 is 0 Å². The largest absolute Gasteiger partial charge is 0.465 e. The molecule has 0 heterocycles. The van der Waals surface area contributed by atoms with Crippen LogP contribution in [0.4, 0.5) is 0 Å². The van der Waals surface area contributed by atoms with Crippen molar-refractivity contribution >= 4 is 12.3 Å². The summed E-state index contributed by atoms with van der Waals surface area (Å²) in [5, 5.41) is 0. The predicted molar refractivity (Wildman–Crippen MR) is 60.0 cm³/mol. The highest BCUT2D eigenvalue weighted by Gasteiger charge is 1.96. The molecule has 0 saturated carbocycles. The summed E-state index contributed by atoms with van der Waals surface area (Å²) in [6, 6.07) is 6.90. The molecule has 82 valence electrons. The minimum atomic E-state index is -0.332. The van der Waals surface area contributed by atoms with Crippen molar-refractivity contribution in [2.75, 3.05) is 6.61 Å². The molecule has 0 unspecified atom stereocenters. The van der Waals surface area contributed by atoms with Gasteiger partial charge in [-0.1, -0.05) is 24.0 Å². The van der Waals surface area contributed by atoms with E-state index in [1.807, 2.05) is 0 Å². The molecule has 0 spiro atoms. The molecular formula is C13H12O3. The van der Waals surface area contributed by atoms with Gasteiger partial charge in [0.25, 0.3) is 0 Å². The maximum absolute atomic E-state index is 11.0. The van der Waals surface area contributed by atoms with Crippen molar-refractivity contribution in [1.82, 2.24) is 0 Å². The van der Waals surface area contributed by atoms with Crippen molar-refractivity contribution in [3.8, 4) is 11.8 Å². The Morgan fingerprint density at radius 3 is 3.00 bits per heavy atom. The summed E-state index contributed by atoms with van der Waals surface area (Å²) in [6.45, 7) is 2.11. The summed E-state index contributed by atoms with van der Waals surface area (Å²) in [5.41, 5.74) is 1.29. The SMILES string of the molecule is CCOC(=O)CC#Cc1cccc(C=O)c1. The standard InChI is InChI=1S/C13H12O3/c1-2-16-13(15)8-4-6-11-5-3-7-12(9-11)10-14/h3,5,7,9-10H,2,8H2,1H3. The molecule has 0 fully saturated rings. The summed E-state index contributed by atoms with van der Waals surface area (Å²) < 4.78 is 4.73. The maximum Gasteiger partial charge on any atom is 0.317 e.